The number of nitrogens with zero attached hydrogens (tertiary/aromatic N) is 4. The summed E-state index contributed by atoms with van der Waals surface area (Å²) in [6.45, 7) is 4.18. The summed E-state index contributed by atoms with van der Waals surface area (Å²) in [5.74, 6) is 1.39. The van der Waals surface area contributed by atoms with Crippen molar-refractivity contribution in [1.29, 1.82) is 0 Å². The van der Waals surface area contributed by atoms with Crippen LogP contribution in [0.25, 0.3) is 11.0 Å². The van der Waals surface area contributed by atoms with Crippen LogP contribution in [-0.2, 0) is 0 Å². The number of ether oxygens (including phenoxy) is 1. The van der Waals surface area contributed by atoms with Gasteiger partial charge in [-0.15, -0.1) is 6.58 Å². The second-order valence-corrected chi connectivity index (χ2v) is 5.25. The van der Waals surface area contributed by atoms with Crippen molar-refractivity contribution in [2.75, 3.05) is 11.4 Å². The van der Waals surface area contributed by atoms with Gasteiger partial charge in [0, 0.05) is 18.7 Å². The molecule has 0 bridgehead atoms. The van der Waals surface area contributed by atoms with Crippen molar-refractivity contribution in [3.63, 3.8) is 0 Å². The standard InChI is InChI=1S/C17H12N4O3/c1-2-9-20-14-10-11(21(22)23)7-8-15(14)24-17-16(20)18-12-5-3-4-6-13(12)19-17/h2-8,10H,1,9H2. The predicted octanol–water partition coefficient (Wildman–Crippen LogP) is 3.97. The fourth-order valence-corrected chi connectivity index (χ4v) is 2.67. The fourth-order valence-electron chi connectivity index (χ4n) is 2.67. The van der Waals surface area contributed by atoms with Gasteiger partial charge in [-0.1, -0.05) is 18.2 Å². The molecular weight excluding hydrogens is 308 g/mol. The monoisotopic (exact) mass is 320 g/mol. The maximum absolute atomic E-state index is 11.1. The number of nitro groups is 1. The van der Waals surface area contributed by atoms with Gasteiger partial charge < -0.3 is 9.64 Å². The molecule has 24 heavy (non-hydrogen) atoms. The third kappa shape index (κ3) is 2.14. The van der Waals surface area contributed by atoms with Crippen LogP contribution in [0.15, 0.2) is 55.1 Å². The summed E-state index contributed by atoms with van der Waals surface area (Å²) in [5, 5.41) is 11.1. The lowest BCUT2D eigenvalue weighted by Gasteiger charge is -2.30. The van der Waals surface area contributed by atoms with Crippen molar-refractivity contribution in [2.45, 2.75) is 0 Å². The smallest absolute Gasteiger partial charge is 0.271 e. The number of hydrogen-bond acceptors (Lipinski definition) is 6. The summed E-state index contributed by atoms with van der Waals surface area (Å²) in [4.78, 5) is 21.6. The molecule has 1 aliphatic heterocycles. The van der Waals surface area contributed by atoms with Crippen molar-refractivity contribution in [3.8, 4) is 11.6 Å². The lowest BCUT2D eigenvalue weighted by Crippen LogP contribution is -2.23. The Morgan fingerprint density at radius 1 is 1.21 bits per heavy atom. The number of para-hydroxylation sites is 2. The van der Waals surface area contributed by atoms with Crippen molar-refractivity contribution in [1.82, 2.24) is 9.97 Å². The zero-order chi connectivity index (χ0) is 16.7. The first-order chi connectivity index (χ1) is 11.7. The molecule has 0 saturated heterocycles. The molecule has 0 amide bonds. The molecule has 0 radical (unpaired) electrons. The van der Waals surface area contributed by atoms with Gasteiger partial charge in [-0.3, -0.25) is 10.1 Å². The SMILES string of the molecule is C=CCN1c2cc([N+](=O)[O-])ccc2Oc2nc3ccccc3nc21. The van der Waals surface area contributed by atoms with Crippen LogP contribution in [-0.4, -0.2) is 21.4 Å². The van der Waals surface area contributed by atoms with Crippen LogP contribution in [0.1, 0.15) is 0 Å². The van der Waals surface area contributed by atoms with Crippen molar-refractivity contribution < 1.29 is 9.66 Å². The second kappa shape index (κ2) is 5.31. The third-order valence-corrected chi connectivity index (χ3v) is 3.74. The van der Waals surface area contributed by atoms with E-state index in [-0.39, 0.29) is 5.69 Å². The van der Waals surface area contributed by atoms with E-state index in [4.69, 9.17) is 4.74 Å². The summed E-state index contributed by atoms with van der Waals surface area (Å²) in [7, 11) is 0. The van der Waals surface area contributed by atoms with Gasteiger partial charge in [-0.2, -0.15) is 0 Å². The molecular formula is C17H12N4O3. The molecule has 0 atom stereocenters. The minimum Gasteiger partial charge on any atom is -0.434 e. The highest BCUT2D eigenvalue weighted by Gasteiger charge is 2.28. The average Bonchev–Trinajstić information content (AvgIpc) is 2.59. The van der Waals surface area contributed by atoms with Gasteiger partial charge in [-0.25, -0.2) is 9.97 Å². The summed E-state index contributed by atoms with van der Waals surface area (Å²) in [6.07, 6.45) is 1.70. The maximum Gasteiger partial charge on any atom is 0.271 e. The molecule has 7 heteroatoms. The molecule has 1 aromatic heterocycles. The molecule has 0 aliphatic carbocycles. The first-order valence-corrected chi connectivity index (χ1v) is 7.29. The second-order valence-electron chi connectivity index (χ2n) is 5.25. The summed E-state index contributed by atoms with van der Waals surface area (Å²) >= 11 is 0. The van der Waals surface area contributed by atoms with Gasteiger partial charge in [0.2, 0.25) is 0 Å². The number of hydrogen-bond donors (Lipinski definition) is 0. The molecule has 2 heterocycles. The van der Waals surface area contributed by atoms with E-state index in [1.54, 1.807) is 12.1 Å². The van der Waals surface area contributed by atoms with Gasteiger partial charge in [-0.05, 0) is 18.2 Å². The molecule has 118 valence electrons. The molecule has 0 N–H and O–H groups in total. The normalized spacial score (nSPS) is 12.2. The molecule has 7 nitrogen and oxygen atoms in total. The van der Waals surface area contributed by atoms with E-state index >= 15 is 0 Å². The molecule has 0 unspecified atom stereocenters. The van der Waals surface area contributed by atoms with Crippen LogP contribution in [0, 0.1) is 10.1 Å². The topological polar surface area (TPSA) is 81.4 Å². The van der Waals surface area contributed by atoms with E-state index in [9.17, 15) is 10.1 Å². The lowest BCUT2D eigenvalue weighted by molar-refractivity contribution is -0.384. The van der Waals surface area contributed by atoms with Crippen LogP contribution < -0.4 is 9.64 Å². The first-order valence-electron chi connectivity index (χ1n) is 7.29. The predicted molar refractivity (Wildman–Crippen MR) is 89.9 cm³/mol. The van der Waals surface area contributed by atoms with Crippen molar-refractivity contribution in [3.05, 3.63) is 65.2 Å². The minimum atomic E-state index is -0.437. The maximum atomic E-state index is 11.1. The van der Waals surface area contributed by atoms with Crippen LogP contribution in [0.5, 0.6) is 11.6 Å². The zero-order valence-corrected chi connectivity index (χ0v) is 12.5. The number of aromatic nitrogens is 2. The first kappa shape index (κ1) is 14.1. The Labute approximate surface area is 137 Å². The highest BCUT2D eigenvalue weighted by Crippen LogP contribution is 2.46. The molecule has 3 aromatic rings. The number of benzene rings is 2. The van der Waals surface area contributed by atoms with Gasteiger partial charge >= 0.3 is 0 Å². The van der Waals surface area contributed by atoms with Gasteiger partial charge in [0.25, 0.3) is 11.6 Å². The Morgan fingerprint density at radius 2 is 1.96 bits per heavy atom. The van der Waals surface area contributed by atoms with E-state index in [1.165, 1.54) is 12.1 Å². The Balaban J connectivity index is 1.93. The molecule has 0 saturated carbocycles. The van der Waals surface area contributed by atoms with E-state index < -0.39 is 4.92 Å². The average molecular weight is 320 g/mol. The van der Waals surface area contributed by atoms with Gasteiger partial charge in [0.05, 0.1) is 21.6 Å². The molecule has 0 spiro atoms. The zero-order valence-electron chi connectivity index (χ0n) is 12.5. The van der Waals surface area contributed by atoms with Crippen LogP contribution in [0.3, 0.4) is 0 Å². The van der Waals surface area contributed by atoms with E-state index in [1.807, 2.05) is 29.2 Å². The molecule has 0 fully saturated rings. The Hall–Kier alpha value is -3.48. The molecule has 4 rings (SSSR count). The van der Waals surface area contributed by atoms with E-state index in [0.29, 0.717) is 29.7 Å². The van der Waals surface area contributed by atoms with Gasteiger partial charge in [0.1, 0.15) is 0 Å². The molecule has 2 aromatic carbocycles. The summed E-state index contributed by atoms with van der Waals surface area (Å²) in [6, 6.07) is 11.9. The van der Waals surface area contributed by atoms with Crippen molar-refractivity contribution in [2.24, 2.45) is 0 Å². The lowest BCUT2D eigenvalue weighted by atomic mass is 10.2. The third-order valence-electron chi connectivity index (χ3n) is 3.74. The Bertz CT molecular complexity index is 987. The van der Waals surface area contributed by atoms with Crippen LogP contribution in [0.2, 0.25) is 0 Å². The number of anilines is 2. The number of fused-ring (bicyclic) bond motifs is 3. The van der Waals surface area contributed by atoms with Crippen LogP contribution in [0.4, 0.5) is 17.2 Å². The quantitative estimate of drug-likeness (QED) is 0.412. The summed E-state index contributed by atoms with van der Waals surface area (Å²) in [5.41, 5.74) is 2.01. The van der Waals surface area contributed by atoms with Gasteiger partial charge in [0.15, 0.2) is 11.6 Å². The van der Waals surface area contributed by atoms with E-state index in [2.05, 4.69) is 16.5 Å². The largest absolute Gasteiger partial charge is 0.434 e. The van der Waals surface area contributed by atoms with E-state index in [0.717, 1.165) is 11.0 Å². The number of rotatable bonds is 3. The molecule has 1 aliphatic rings. The highest BCUT2D eigenvalue weighted by molar-refractivity contribution is 5.83. The van der Waals surface area contributed by atoms with Crippen molar-refractivity contribution >= 4 is 28.2 Å². The minimum absolute atomic E-state index is 0.0105. The fraction of sp³-hybridized carbons (Fsp3) is 0.0588. The number of non-ortho nitro benzene ring substituents is 1. The number of nitro benzene ring substituents is 1. The highest BCUT2D eigenvalue weighted by atomic mass is 16.6. The Morgan fingerprint density at radius 3 is 2.67 bits per heavy atom. The summed E-state index contributed by atoms with van der Waals surface area (Å²) < 4.78 is 5.82. The Kier molecular flexibility index (Phi) is 3.13. The van der Waals surface area contributed by atoms with Crippen LogP contribution >= 0.6 is 0 Å².